The van der Waals surface area contributed by atoms with Crippen LogP contribution in [0.5, 0.6) is 23.0 Å². The molecule has 0 saturated heterocycles. The molecule has 0 aromatic heterocycles. The van der Waals surface area contributed by atoms with Crippen LogP contribution in [0.2, 0.25) is 0 Å². The first-order valence-corrected chi connectivity index (χ1v) is 10.1. The third kappa shape index (κ3) is 4.76. The highest BCUT2D eigenvalue weighted by molar-refractivity contribution is 6.05. The van der Waals surface area contributed by atoms with Gasteiger partial charge in [-0.2, -0.15) is 0 Å². The SMILES string of the molecule is Cc1cccc(Oc2ccc(C)c(C(=O)O)c2C(=O)O)c1Oc1ccc(C)c(C(=O)O)c1C(=O)O. The van der Waals surface area contributed by atoms with Crippen molar-refractivity contribution >= 4 is 23.9 Å². The van der Waals surface area contributed by atoms with Gasteiger partial charge in [0.15, 0.2) is 11.5 Å². The predicted molar refractivity (Wildman–Crippen MR) is 122 cm³/mol. The Morgan fingerprint density at radius 3 is 1.37 bits per heavy atom. The molecule has 0 amide bonds. The number of benzene rings is 3. The highest BCUT2D eigenvalue weighted by Crippen LogP contribution is 2.41. The molecule has 4 N–H and O–H groups in total. The van der Waals surface area contributed by atoms with Crippen LogP contribution in [-0.4, -0.2) is 44.3 Å². The Bertz CT molecular complexity index is 1390. The zero-order valence-electron chi connectivity index (χ0n) is 18.8. The molecule has 10 nitrogen and oxygen atoms in total. The first-order valence-electron chi connectivity index (χ1n) is 10.1. The minimum Gasteiger partial charge on any atom is -0.478 e. The summed E-state index contributed by atoms with van der Waals surface area (Å²) < 4.78 is 11.6. The summed E-state index contributed by atoms with van der Waals surface area (Å²) in [6.07, 6.45) is 0. The Labute approximate surface area is 198 Å². The van der Waals surface area contributed by atoms with Crippen LogP contribution in [0.25, 0.3) is 0 Å². The number of carbonyl (C=O) groups is 4. The monoisotopic (exact) mass is 480 g/mol. The van der Waals surface area contributed by atoms with Crippen molar-refractivity contribution < 1.29 is 49.1 Å². The second-order valence-corrected chi connectivity index (χ2v) is 7.59. The molecule has 0 bridgehead atoms. The number of rotatable bonds is 8. The highest BCUT2D eigenvalue weighted by atomic mass is 16.5. The summed E-state index contributed by atoms with van der Waals surface area (Å²) in [6.45, 7) is 4.52. The maximum absolute atomic E-state index is 11.9. The molecular formula is C25H20O10. The van der Waals surface area contributed by atoms with Gasteiger partial charge < -0.3 is 29.9 Å². The zero-order chi connectivity index (χ0) is 26.0. The minimum absolute atomic E-state index is 0.0102. The number of aromatic carboxylic acids is 4. The van der Waals surface area contributed by atoms with Gasteiger partial charge in [0.1, 0.15) is 22.6 Å². The van der Waals surface area contributed by atoms with Crippen molar-refractivity contribution in [1.82, 2.24) is 0 Å². The van der Waals surface area contributed by atoms with Crippen LogP contribution in [0.15, 0.2) is 42.5 Å². The van der Waals surface area contributed by atoms with Gasteiger partial charge in [-0.25, -0.2) is 19.2 Å². The standard InChI is InChI=1S/C25H20O10/c1-11-7-9-14(19(24(30)31)17(11)22(26)27)34-16-6-4-5-13(3)21(16)35-15-10-8-12(2)18(23(28)29)20(15)25(32)33/h4-10H,1-3H3,(H,26,27)(H,28,29)(H,30,31)(H,32,33). The third-order valence-electron chi connectivity index (χ3n) is 5.21. The van der Waals surface area contributed by atoms with E-state index in [-0.39, 0.29) is 34.1 Å². The molecule has 0 atom stereocenters. The Kier molecular flexibility index (Phi) is 6.76. The molecule has 0 fully saturated rings. The Hall–Kier alpha value is -4.86. The van der Waals surface area contributed by atoms with E-state index in [1.165, 1.54) is 44.2 Å². The summed E-state index contributed by atoms with van der Waals surface area (Å²) in [5.74, 6) is -6.52. The quantitative estimate of drug-likeness (QED) is 0.345. The molecule has 0 heterocycles. The fraction of sp³-hybridized carbons (Fsp3) is 0.120. The molecule has 3 aromatic carbocycles. The molecule has 3 rings (SSSR count). The number of carboxylic acids is 4. The molecule has 3 aromatic rings. The smallest absolute Gasteiger partial charge is 0.340 e. The van der Waals surface area contributed by atoms with E-state index in [0.29, 0.717) is 5.56 Å². The lowest BCUT2D eigenvalue weighted by Gasteiger charge is -2.18. The van der Waals surface area contributed by atoms with E-state index >= 15 is 0 Å². The van der Waals surface area contributed by atoms with Crippen molar-refractivity contribution in [2.45, 2.75) is 20.8 Å². The summed E-state index contributed by atoms with van der Waals surface area (Å²) in [5.41, 5.74) is -1.13. The van der Waals surface area contributed by atoms with Crippen LogP contribution in [-0.2, 0) is 0 Å². The molecule has 0 spiro atoms. The van der Waals surface area contributed by atoms with Crippen LogP contribution in [0.4, 0.5) is 0 Å². The van der Waals surface area contributed by atoms with Crippen LogP contribution in [0.3, 0.4) is 0 Å². The molecule has 10 heteroatoms. The summed E-state index contributed by atoms with van der Waals surface area (Å²) in [4.78, 5) is 47.2. The molecule has 0 unspecified atom stereocenters. The van der Waals surface area contributed by atoms with Gasteiger partial charge >= 0.3 is 23.9 Å². The van der Waals surface area contributed by atoms with Gasteiger partial charge in [0, 0.05) is 0 Å². The van der Waals surface area contributed by atoms with Gasteiger partial charge in [-0.05, 0) is 55.7 Å². The second-order valence-electron chi connectivity index (χ2n) is 7.59. The average molecular weight is 480 g/mol. The summed E-state index contributed by atoms with van der Waals surface area (Å²) >= 11 is 0. The van der Waals surface area contributed by atoms with Gasteiger partial charge in [-0.15, -0.1) is 0 Å². The normalized spacial score (nSPS) is 10.5. The summed E-state index contributed by atoms with van der Waals surface area (Å²) in [6, 6.07) is 9.99. The van der Waals surface area contributed by atoms with E-state index in [1.54, 1.807) is 19.1 Å². The van der Waals surface area contributed by atoms with Gasteiger partial charge in [0.2, 0.25) is 0 Å². The average Bonchev–Trinajstić information content (AvgIpc) is 2.76. The molecule has 0 aliphatic carbocycles. The lowest BCUT2D eigenvalue weighted by Crippen LogP contribution is -2.12. The summed E-state index contributed by atoms with van der Waals surface area (Å²) in [5, 5.41) is 38.4. The molecule has 180 valence electrons. The molecule has 0 aliphatic heterocycles. The van der Waals surface area contributed by atoms with Gasteiger partial charge in [0.05, 0.1) is 11.1 Å². The second kappa shape index (κ2) is 9.56. The van der Waals surface area contributed by atoms with Crippen molar-refractivity contribution in [3.63, 3.8) is 0 Å². The Balaban J connectivity index is 2.18. The Morgan fingerprint density at radius 1 is 0.514 bits per heavy atom. The number of hydrogen-bond donors (Lipinski definition) is 4. The van der Waals surface area contributed by atoms with Gasteiger partial charge in [-0.1, -0.05) is 24.3 Å². The number of hydrogen-bond acceptors (Lipinski definition) is 6. The maximum Gasteiger partial charge on any atom is 0.340 e. The topological polar surface area (TPSA) is 168 Å². The van der Waals surface area contributed by atoms with E-state index in [1.807, 2.05) is 0 Å². The molecule has 0 radical (unpaired) electrons. The molecular weight excluding hydrogens is 460 g/mol. The first kappa shape index (κ1) is 24.8. The van der Waals surface area contributed by atoms with Gasteiger partial charge in [0.25, 0.3) is 0 Å². The summed E-state index contributed by atoms with van der Waals surface area (Å²) in [7, 11) is 0. The molecule has 0 saturated carbocycles. The van der Waals surface area contributed by atoms with E-state index in [9.17, 15) is 39.6 Å². The fourth-order valence-electron chi connectivity index (χ4n) is 3.59. The van der Waals surface area contributed by atoms with Crippen LogP contribution >= 0.6 is 0 Å². The van der Waals surface area contributed by atoms with Crippen LogP contribution in [0, 0.1) is 20.8 Å². The van der Waals surface area contributed by atoms with E-state index in [4.69, 9.17) is 9.47 Å². The van der Waals surface area contributed by atoms with Gasteiger partial charge in [-0.3, -0.25) is 0 Å². The van der Waals surface area contributed by atoms with Crippen LogP contribution in [0.1, 0.15) is 58.1 Å². The maximum atomic E-state index is 11.9. The van der Waals surface area contributed by atoms with Crippen molar-refractivity contribution in [2.75, 3.05) is 0 Å². The van der Waals surface area contributed by atoms with Crippen LogP contribution < -0.4 is 9.47 Å². The Morgan fingerprint density at radius 2 is 0.943 bits per heavy atom. The highest BCUT2D eigenvalue weighted by Gasteiger charge is 2.27. The lowest BCUT2D eigenvalue weighted by atomic mass is 10.0. The zero-order valence-corrected chi connectivity index (χ0v) is 18.8. The third-order valence-corrected chi connectivity index (χ3v) is 5.21. The van der Waals surface area contributed by atoms with Crippen molar-refractivity contribution in [1.29, 1.82) is 0 Å². The van der Waals surface area contributed by atoms with Crippen molar-refractivity contribution in [3.05, 3.63) is 81.4 Å². The lowest BCUT2D eigenvalue weighted by molar-refractivity contribution is 0.0647. The van der Waals surface area contributed by atoms with Crippen molar-refractivity contribution in [2.24, 2.45) is 0 Å². The fourth-order valence-corrected chi connectivity index (χ4v) is 3.59. The van der Waals surface area contributed by atoms with E-state index in [2.05, 4.69) is 0 Å². The predicted octanol–water partition coefficient (Wildman–Crippen LogP) is 4.99. The molecule has 35 heavy (non-hydrogen) atoms. The van der Waals surface area contributed by atoms with Crippen molar-refractivity contribution in [3.8, 4) is 23.0 Å². The molecule has 0 aliphatic rings. The number of ether oxygens (including phenoxy) is 2. The van der Waals surface area contributed by atoms with E-state index in [0.717, 1.165) is 0 Å². The first-order chi connectivity index (χ1) is 16.4. The number of aryl methyl sites for hydroxylation is 3. The number of carboxylic acid groups (broad SMARTS) is 4. The van der Waals surface area contributed by atoms with E-state index < -0.39 is 46.1 Å². The number of para-hydroxylation sites is 1. The largest absolute Gasteiger partial charge is 0.478 e. The minimum atomic E-state index is -1.52.